The van der Waals surface area contributed by atoms with E-state index in [9.17, 15) is 0 Å². The van der Waals surface area contributed by atoms with Gasteiger partial charge < -0.3 is 4.12 Å². The Bertz CT molecular complexity index is 95.0. The molecule has 1 unspecified atom stereocenters. The first-order valence-electron chi connectivity index (χ1n) is 3.05. The summed E-state index contributed by atoms with van der Waals surface area (Å²) in [6, 6.07) is 1.20. The van der Waals surface area contributed by atoms with Gasteiger partial charge >= 0.3 is 0 Å². The van der Waals surface area contributed by atoms with Crippen molar-refractivity contribution in [3.63, 3.8) is 0 Å². The first-order valence-corrected chi connectivity index (χ1v) is 8.69. The van der Waals surface area contributed by atoms with E-state index in [0.29, 0.717) is 0 Å². The van der Waals surface area contributed by atoms with Crippen LogP contribution in [0.5, 0.6) is 0 Å². The Hall–Kier alpha value is 1.83. The maximum Gasteiger partial charge on any atom is 0.159 e. The smallest absolute Gasteiger partial charge is 0.159 e. The molecule has 0 rings (SSSR count). The molecular weight excluding hydrogens is 360 g/mol. The van der Waals surface area contributed by atoms with Gasteiger partial charge in [-0.1, -0.05) is 47.8 Å². The maximum absolute atomic E-state index is 5.36. The summed E-state index contributed by atoms with van der Waals surface area (Å²) in [4.78, 5) is 0. The van der Waals surface area contributed by atoms with Crippen LogP contribution in [0.2, 0.25) is 12.6 Å². The molecule has 10 heavy (non-hydrogen) atoms. The highest BCUT2D eigenvalue weighted by Crippen LogP contribution is 2.38. The van der Waals surface area contributed by atoms with Crippen molar-refractivity contribution in [2.45, 2.75) is 21.2 Å². The lowest BCUT2D eigenvalue weighted by Crippen LogP contribution is -2.13. The molecule has 1 atom stereocenters. The molecule has 0 bridgehead atoms. The van der Waals surface area contributed by atoms with Crippen LogP contribution in [-0.4, -0.2) is 21.7 Å². The molecule has 0 fully saturated rings. The van der Waals surface area contributed by atoms with E-state index < -0.39 is 9.04 Å². The normalized spacial score (nSPS) is 15.6. The third-order valence-corrected chi connectivity index (χ3v) is 6.75. The van der Waals surface area contributed by atoms with Gasteiger partial charge in [0, 0.05) is 0 Å². The third-order valence-electron chi connectivity index (χ3n) is 1.24. The van der Waals surface area contributed by atoms with E-state index in [4.69, 9.17) is 4.12 Å². The summed E-state index contributed by atoms with van der Waals surface area (Å²) in [6.45, 7) is 2.23. The van der Waals surface area contributed by atoms with E-state index in [1.807, 2.05) is 0 Å². The molecule has 1 nitrogen and oxygen atoms in total. The highest BCUT2D eigenvalue weighted by Gasteiger charge is 2.18. The van der Waals surface area contributed by atoms with Gasteiger partial charge in [-0.25, -0.2) is 0 Å². The molecule has 0 saturated carbocycles. The van der Waals surface area contributed by atoms with Gasteiger partial charge in [0.15, 0.2) is 9.04 Å². The summed E-state index contributed by atoms with van der Waals surface area (Å²) in [5.41, 5.74) is 0. The van der Waals surface area contributed by atoms with Crippen molar-refractivity contribution in [3.8, 4) is 0 Å². The fraction of sp³-hybridized carbons (Fsp3) is 1.00. The molecule has 0 aromatic carbocycles. The Morgan fingerprint density at radius 1 is 1.50 bits per heavy atom. The molecule has 0 saturated heterocycles. The molecule has 0 aromatic rings. The molecule has 0 spiro atoms. The first kappa shape index (κ1) is 11.8. The Kier molecular flexibility index (Phi) is 6.48. The molecule has 0 heterocycles. The molecule has 0 N–H and O–H groups in total. The van der Waals surface area contributed by atoms with Gasteiger partial charge in [-0.3, -0.25) is 0 Å². The zero-order chi connectivity index (χ0) is 8.20. The van der Waals surface area contributed by atoms with Gasteiger partial charge in [-0.2, -0.15) is 0 Å². The average Bonchev–Trinajstić information content (AvgIpc) is 1.81. The summed E-state index contributed by atoms with van der Waals surface area (Å²) in [5.74, 6) is 0. The fourth-order valence-electron chi connectivity index (χ4n) is 0.485. The number of alkyl halides is 3. The van der Waals surface area contributed by atoms with Crippen LogP contribution in [0.4, 0.5) is 0 Å². The second-order valence-corrected chi connectivity index (χ2v) is 13.5. The van der Waals surface area contributed by atoms with Crippen molar-refractivity contribution in [1.29, 1.82) is 0 Å². The van der Waals surface area contributed by atoms with Gasteiger partial charge in [-0.05, 0) is 19.0 Å². The second-order valence-electron chi connectivity index (χ2n) is 2.20. The first-order chi connectivity index (χ1) is 4.45. The molecule has 0 aliphatic heterocycles. The lowest BCUT2D eigenvalue weighted by atomic mass is 10.6. The van der Waals surface area contributed by atoms with Gasteiger partial charge in [0.1, 0.15) is 12.6 Å². The highest BCUT2D eigenvalue weighted by molar-refractivity contribution is 9.39. The highest BCUT2D eigenvalue weighted by atomic mass is 80.0. The number of rotatable bonds is 3. The van der Waals surface area contributed by atoms with Crippen LogP contribution >= 0.6 is 47.8 Å². The fourth-order valence-corrected chi connectivity index (χ4v) is 4.22. The predicted octanol–water partition coefficient (Wildman–Crippen LogP) is 1.87. The zero-order valence-electron chi connectivity index (χ0n) is 6.03. The summed E-state index contributed by atoms with van der Waals surface area (Å²) >= 11 is 10.3. The lowest BCUT2D eigenvalue weighted by Gasteiger charge is -2.13. The van der Waals surface area contributed by atoms with Crippen LogP contribution in [0, 0.1) is 0 Å². The Balaban J connectivity index is 3.36. The van der Waals surface area contributed by atoms with Crippen molar-refractivity contribution in [2.24, 2.45) is 0 Å². The van der Waals surface area contributed by atoms with Crippen molar-refractivity contribution in [1.82, 2.24) is 0 Å². The van der Waals surface area contributed by atoms with E-state index in [1.54, 1.807) is 0 Å². The van der Waals surface area contributed by atoms with E-state index in [-0.39, 0.29) is 2.14 Å². The minimum Gasteiger partial charge on any atom is -0.466 e. The monoisotopic (exact) mass is 368 g/mol. The molecule has 0 aromatic heterocycles. The minimum atomic E-state index is -0.809. The summed E-state index contributed by atoms with van der Waals surface area (Å²) < 4.78 is 5.30. The van der Waals surface area contributed by atoms with Crippen molar-refractivity contribution in [2.75, 3.05) is 0 Å². The van der Waals surface area contributed by atoms with Crippen LogP contribution in [0.15, 0.2) is 0 Å². The molecule has 0 amide bonds. The minimum absolute atomic E-state index is 0.0612. The molecule has 0 radical (unpaired) electrons. The SMILES string of the molecule is C[SiH](CCC(Br)(Br)Br)O[SiH3]. The summed E-state index contributed by atoms with van der Waals surface area (Å²) in [6.07, 6.45) is 1.07. The molecule has 0 aliphatic rings. The van der Waals surface area contributed by atoms with E-state index >= 15 is 0 Å². The van der Waals surface area contributed by atoms with E-state index in [0.717, 1.165) is 16.9 Å². The van der Waals surface area contributed by atoms with Gasteiger partial charge in [0.2, 0.25) is 0 Å². The van der Waals surface area contributed by atoms with Crippen LogP contribution < -0.4 is 0 Å². The maximum atomic E-state index is 5.36. The van der Waals surface area contributed by atoms with Crippen LogP contribution in [0.3, 0.4) is 0 Å². The summed E-state index contributed by atoms with van der Waals surface area (Å²) in [5, 5.41) is 0. The Labute approximate surface area is 91.9 Å². The van der Waals surface area contributed by atoms with Crippen LogP contribution in [0.1, 0.15) is 6.42 Å². The molecular formula is C4H11Br3OSi2. The van der Waals surface area contributed by atoms with E-state index in [2.05, 4.69) is 54.3 Å². The zero-order valence-corrected chi connectivity index (χ0v) is 13.9. The average molecular weight is 371 g/mol. The molecule has 0 aliphatic carbocycles. The van der Waals surface area contributed by atoms with Gasteiger partial charge in [0.05, 0.1) is 0 Å². The molecule has 6 heteroatoms. The van der Waals surface area contributed by atoms with Gasteiger partial charge in [0.25, 0.3) is 0 Å². The Morgan fingerprint density at radius 3 is 2.30 bits per heavy atom. The number of hydrogen-bond acceptors (Lipinski definition) is 1. The van der Waals surface area contributed by atoms with Crippen LogP contribution in [0.25, 0.3) is 0 Å². The van der Waals surface area contributed by atoms with Crippen molar-refractivity contribution in [3.05, 3.63) is 0 Å². The quantitative estimate of drug-likeness (QED) is 0.544. The Morgan fingerprint density at radius 2 is 2.00 bits per heavy atom. The second kappa shape index (κ2) is 5.47. The van der Waals surface area contributed by atoms with Gasteiger partial charge in [-0.15, -0.1) is 0 Å². The molecule has 62 valence electrons. The van der Waals surface area contributed by atoms with Crippen LogP contribution in [-0.2, 0) is 4.12 Å². The van der Waals surface area contributed by atoms with E-state index in [1.165, 1.54) is 6.04 Å². The lowest BCUT2D eigenvalue weighted by molar-refractivity contribution is 0.631. The number of hydrogen-bond donors (Lipinski definition) is 0. The largest absolute Gasteiger partial charge is 0.466 e. The third kappa shape index (κ3) is 7.94. The van der Waals surface area contributed by atoms with Crippen molar-refractivity contribution >= 4 is 67.3 Å². The standard InChI is InChI=1S/C4H11Br3OSi2/c1-10(8-9)3-2-4(5,6)7/h10H,2-3H2,1,9H3. The summed E-state index contributed by atoms with van der Waals surface area (Å²) in [7, 11) is 0.0803. The number of halogens is 3. The predicted molar refractivity (Wildman–Crippen MR) is 63.0 cm³/mol. The topological polar surface area (TPSA) is 9.23 Å². The van der Waals surface area contributed by atoms with Crippen molar-refractivity contribution < 1.29 is 4.12 Å².